The van der Waals surface area contributed by atoms with Gasteiger partial charge in [0.15, 0.2) is 0 Å². The van der Waals surface area contributed by atoms with Gasteiger partial charge in [-0.25, -0.2) is 4.98 Å². The number of nitrogens with zero attached hydrogens (tertiary/aromatic N) is 3. The molecule has 0 atom stereocenters. The molecule has 1 amide bonds. The minimum atomic E-state index is -0.412. The molecule has 0 bridgehead atoms. The van der Waals surface area contributed by atoms with Gasteiger partial charge in [-0.1, -0.05) is 11.6 Å². The minimum Gasteiger partial charge on any atom is -0.346 e. The lowest BCUT2D eigenvalue weighted by molar-refractivity contribution is -0.385. The predicted molar refractivity (Wildman–Crippen MR) is 95.5 cm³/mol. The van der Waals surface area contributed by atoms with E-state index in [0.717, 1.165) is 5.69 Å². The van der Waals surface area contributed by atoms with E-state index in [1.807, 2.05) is 0 Å². The number of amides is 1. The number of rotatable bonds is 5. The highest BCUT2D eigenvalue weighted by Crippen LogP contribution is 2.22. The zero-order chi connectivity index (χ0) is 18.0. The van der Waals surface area contributed by atoms with Crippen molar-refractivity contribution in [1.82, 2.24) is 14.9 Å². The second-order valence-corrected chi connectivity index (χ2v) is 7.00. The zero-order valence-electron chi connectivity index (χ0n) is 13.1. The van der Waals surface area contributed by atoms with Gasteiger partial charge >= 0.3 is 0 Å². The minimum absolute atomic E-state index is 0.0750. The molecule has 0 saturated carbocycles. The summed E-state index contributed by atoms with van der Waals surface area (Å²) in [6.45, 7) is 1.96. The van der Waals surface area contributed by atoms with Gasteiger partial charge in [0.1, 0.15) is 0 Å². The lowest BCUT2D eigenvalue weighted by Gasteiger charge is -2.04. The van der Waals surface area contributed by atoms with E-state index in [1.165, 1.54) is 17.4 Å². The molecular formula is C16H13ClN4O3S. The highest BCUT2D eigenvalue weighted by Gasteiger charge is 2.12. The Kier molecular flexibility index (Phi) is 4.82. The van der Waals surface area contributed by atoms with Gasteiger partial charge in [-0.2, -0.15) is 0 Å². The number of imidazole rings is 1. The molecule has 3 aromatic rings. The van der Waals surface area contributed by atoms with E-state index in [9.17, 15) is 14.9 Å². The van der Waals surface area contributed by atoms with Crippen molar-refractivity contribution in [3.8, 4) is 5.69 Å². The molecule has 9 heteroatoms. The third-order valence-electron chi connectivity index (χ3n) is 3.54. The molecular weight excluding hydrogens is 364 g/mol. The molecule has 0 unspecified atom stereocenters. The second-order valence-electron chi connectivity index (χ2n) is 5.29. The van der Waals surface area contributed by atoms with E-state index >= 15 is 0 Å². The SMILES string of the molecule is Cc1cc(-n2cnc(CNC(=O)c3ccc(Cl)s3)c2)ccc1[N+](=O)[O-]. The number of hydrogen-bond donors (Lipinski definition) is 1. The maximum absolute atomic E-state index is 12.0. The lowest BCUT2D eigenvalue weighted by Crippen LogP contribution is -2.21. The van der Waals surface area contributed by atoms with Crippen LogP contribution in [0.15, 0.2) is 42.9 Å². The fourth-order valence-electron chi connectivity index (χ4n) is 2.30. The van der Waals surface area contributed by atoms with Gasteiger partial charge in [0, 0.05) is 23.5 Å². The van der Waals surface area contributed by atoms with Gasteiger partial charge in [0.25, 0.3) is 11.6 Å². The highest BCUT2D eigenvalue weighted by atomic mass is 35.5. The fourth-order valence-corrected chi connectivity index (χ4v) is 3.25. The number of aryl methyl sites for hydroxylation is 1. The van der Waals surface area contributed by atoms with Crippen molar-refractivity contribution in [2.24, 2.45) is 0 Å². The standard InChI is InChI=1S/C16H13ClN4O3S/c1-10-6-12(2-3-13(10)21(23)24)20-8-11(19-9-20)7-18-16(22)14-4-5-15(17)25-14/h2-6,8-9H,7H2,1H3,(H,18,22). The number of thiophene rings is 1. The first-order valence-electron chi connectivity index (χ1n) is 7.26. The quantitative estimate of drug-likeness (QED) is 0.542. The molecule has 0 aliphatic carbocycles. The monoisotopic (exact) mass is 376 g/mol. The van der Waals surface area contributed by atoms with Crippen molar-refractivity contribution >= 4 is 34.5 Å². The van der Waals surface area contributed by atoms with Gasteiger partial charge in [-0.15, -0.1) is 11.3 Å². The van der Waals surface area contributed by atoms with E-state index in [4.69, 9.17) is 11.6 Å². The number of carbonyl (C=O) groups is 1. The number of nitro groups is 1. The van der Waals surface area contributed by atoms with E-state index < -0.39 is 4.92 Å². The maximum atomic E-state index is 12.0. The summed E-state index contributed by atoms with van der Waals surface area (Å²) in [6, 6.07) is 8.18. The van der Waals surface area contributed by atoms with Crippen LogP contribution in [-0.4, -0.2) is 20.4 Å². The Morgan fingerprint density at radius 3 is 2.84 bits per heavy atom. The molecule has 25 heavy (non-hydrogen) atoms. The van der Waals surface area contributed by atoms with Crippen molar-refractivity contribution in [3.63, 3.8) is 0 Å². The number of aromatic nitrogens is 2. The van der Waals surface area contributed by atoms with Crippen LogP contribution in [0.25, 0.3) is 5.69 Å². The molecule has 0 fully saturated rings. The number of benzene rings is 1. The molecule has 0 radical (unpaired) electrons. The van der Waals surface area contributed by atoms with Gasteiger partial charge in [0.2, 0.25) is 0 Å². The number of carbonyl (C=O) groups excluding carboxylic acids is 1. The van der Waals surface area contributed by atoms with Crippen molar-refractivity contribution in [2.75, 3.05) is 0 Å². The van der Waals surface area contributed by atoms with Crippen LogP contribution in [0.1, 0.15) is 20.9 Å². The van der Waals surface area contributed by atoms with Gasteiger partial charge in [-0.3, -0.25) is 14.9 Å². The van der Waals surface area contributed by atoms with Crippen LogP contribution in [0.2, 0.25) is 4.34 Å². The summed E-state index contributed by atoms with van der Waals surface area (Å²) in [6.07, 6.45) is 3.37. The van der Waals surface area contributed by atoms with Crippen LogP contribution in [0.4, 0.5) is 5.69 Å². The average molecular weight is 377 g/mol. The largest absolute Gasteiger partial charge is 0.346 e. The van der Waals surface area contributed by atoms with Gasteiger partial charge < -0.3 is 9.88 Å². The molecule has 128 valence electrons. The van der Waals surface area contributed by atoms with Crippen molar-refractivity contribution < 1.29 is 9.72 Å². The highest BCUT2D eigenvalue weighted by molar-refractivity contribution is 7.17. The molecule has 1 aromatic carbocycles. The topological polar surface area (TPSA) is 90.1 Å². The van der Waals surface area contributed by atoms with E-state index in [1.54, 1.807) is 48.3 Å². The molecule has 1 N–H and O–H groups in total. The molecule has 2 heterocycles. The van der Waals surface area contributed by atoms with E-state index in [-0.39, 0.29) is 18.1 Å². The Labute approximate surface area is 152 Å². The van der Waals surface area contributed by atoms with Crippen LogP contribution in [0.3, 0.4) is 0 Å². The number of nitrogens with one attached hydrogen (secondary N) is 1. The molecule has 0 aliphatic rings. The fraction of sp³-hybridized carbons (Fsp3) is 0.125. The van der Waals surface area contributed by atoms with Crippen molar-refractivity contribution in [3.05, 3.63) is 73.4 Å². The van der Waals surface area contributed by atoms with Gasteiger partial charge in [0.05, 0.1) is 32.7 Å². The van der Waals surface area contributed by atoms with Crippen LogP contribution in [0, 0.1) is 17.0 Å². The first-order valence-corrected chi connectivity index (χ1v) is 8.45. The van der Waals surface area contributed by atoms with Crippen LogP contribution < -0.4 is 5.32 Å². The number of nitro benzene ring substituents is 1. The van der Waals surface area contributed by atoms with Crippen molar-refractivity contribution in [1.29, 1.82) is 0 Å². The Morgan fingerprint density at radius 1 is 1.40 bits per heavy atom. The Hall–Kier alpha value is -2.71. The van der Waals surface area contributed by atoms with Crippen molar-refractivity contribution in [2.45, 2.75) is 13.5 Å². The van der Waals surface area contributed by atoms with Crippen LogP contribution >= 0.6 is 22.9 Å². The lowest BCUT2D eigenvalue weighted by atomic mass is 10.2. The Bertz CT molecular complexity index is 951. The summed E-state index contributed by atoms with van der Waals surface area (Å²) in [5.74, 6) is -0.211. The molecule has 7 nitrogen and oxygen atoms in total. The molecule has 3 rings (SSSR count). The summed E-state index contributed by atoms with van der Waals surface area (Å²) < 4.78 is 2.31. The van der Waals surface area contributed by atoms with Crippen LogP contribution in [0.5, 0.6) is 0 Å². The molecule has 0 spiro atoms. The second kappa shape index (κ2) is 7.04. The summed E-state index contributed by atoms with van der Waals surface area (Å²) in [7, 11) is 0. The third-order valence-corrected chi connectivity index (χ3v) is 4.77. The van der Waals surface area contributed by atoms with E-state index in [2.05, 4.69) is 10.3 Å². The Morgan fingerprint density at radius 2 is 2.20 bits per heavy atom. The summed E-state index contributed by atoms with van der Waals surface area (Å²) in [5.41, 5.74) is 2.08. The average Bonchev–Trinajstić information content (AvgIpc) is 3.21. The van der Waals surface area contributed by atoms with Gasteiger partial charge in [-0.05, 0) is 31.2 Å². The third kappa shape index (κ3) is 3.86. The Balaban J connectivity index is 1.69. The first kappa shape index (κ1) is 17.1. The summed E-state index contributed by atoms with van der Waals surface area (Å²) in [5, 5.41) is 13.7. The first-order chi connectivity index (χ1) is 11.9. The number of halogens is 1. The summed E-state index contributed by atoms with van der Waals surface area (Å²) in [4.78, 5) is 27.2. The van der Waals surface area contributed by atoms with Crippen LogP contribution in [-0.2, 0) is 6.54 Å². The molecule has 2 aromatic heterocycles. The zero-order valence-corrected chi connectivity index (χ0v) is 14.7. The predicted octanol–water partition coefficient (Wildman–Crippen LogP) is 3.73. The van der Waals surface area contributed by atoms with E-state index in [0.29, 0.717) is 20.5 Å². The maximum Gasteiger partial charge on any atom is 0.272 e. The summed E-state index contributed by atoms with van der Waals surface area (Å²) >= 11 is 7.03. The molecule has 0 aliphatic heterocycles. The normalized spacial score (nSPS) is 10.6. The molecule has 0 saturated heterocycles. The smallest absolute Gasteiger partial charge is 0.272 e. The number of hydrogen-bond acceptors (Lipinski definition) is 5.